The van der Waals surface area contributed by atoms with Crippen molar-refractivity contribution < 1.29 is 14.3 Å². The lowest BCUT2D eigenvalue weighted by molar-refractivity contribution is 0.0816. The molecular weight excluding hydrogens is 254 g/mol. The lowest BCUT2D eigenvalue weighted by Crippen LogP contribution is -2.51. The fourth-order valence-corrected chi connectivity index (χ4v) is 3.06. The first-order valence-corrected chi connectivity index (χ1v) is 7.06. The minimum atomic E-state index is -0.780. The Kier molecular flexibility index (Phi) is 4.33. The van der Waals surface area contributed by atoms with E-state index in [1.165, 1.54) is 0 Å². The number of rotatable bonds is 4. The summed E-state index contributed by atoms with van der Waals surface area (Å²) in [6, 6.07) is 5.25. The molecule has 1 aliphatic carbocycles. The van der Waals surface area contributed by atoms with Gasteiger partial charge in [-0.25, -0.2) is 0 Å². The summed E-state index contributed by atoms with van der Waals surface area (Å²) >= 11 is 0. The van der Waals surface area contributed by atoms with E-state index in [9.17, 15) is 4.79 Å². The van der Waals surface area contributed by atoms with Crippen LogP contribution in [-0.4, -0.2) is 25.5 Å². The third-order valence-electron chi connectivity index (χ3n) is 4.14. The third-order valence-corrected chi connectivity index (χ3v) is 4.14. The Bertz CT molecular complexity index is 500. The Morgan fingerprint density at radius 3 is 2.70 bits per heavy atom. The molecule has 1 fully saturated rings. The van der Waals surface area contributed by atoms with E-state index in [2.05, 4.69) is 6.92 Å². The second-order valence-corrected chi connectivity index (χ2v) is 5.75. The van der Waals surface area contributed by atoms with E-state index < -0.39 is 5.54 Å². The van der Waals surface area contributed by atoms with E-state index in [4.69, 9.17) is 15.2 Å². The highest BCUT2D eigenvalue weighted by atomic mass is 16.5. The molecule has 20 heavy (non-hydrogen) atoms. The number of ketones is 1. The van der Waals surface area contributed by atoms with Crippen molar-refractivity contribution in [2.75, 3.05) is 14.2 Å². The number of ether oxygens (including phenoxy) is 2. The zero-order valence-corrected chi connectivity index (χ0v) is 12.4. The molecule has 1 aliphatic rings. The summed E-state index contributed by atoms with van der Waals surface area (Å²) in [7, 11) is 3.14. The fourth-order valence-electron chi connectivity index (χ4n) is 3.06. The summed E-state index contributed by atoms with van der Waals surface area (Å²) in [6.07, 6.45) is 3.60. The number of carbonyl (C=O) groups is 1. The molecule has 0 aromatic heterocycles. The maximum Gasteiger partial charge on any atom is 0.186 e. The molecule has 110 valence electrons. The van der Waals surface area contributed by atoms with Gasteiger partial charge in [0.05, 0.1) is 25.3 Å². The Balaban J connectivity index is 2.36. The van der Waals surface area contributed by atoms with Crippen LogP contribution in [0.4, 0.5) is 0 Å². The summed E-state index contributed by atoms with van der Waals surface area (Å²) in [6.45, 7) is 2.15. The lowest BCUT2D eigenvalue weighted by Gasteiger charge is -2.35. The van der Waals surface area contributed by atoms with Crippen molar-refractivity contribution in [3.8, 4) is 11.5 Å². The number of methoxy groups -OCH3 is 2. The number of hydrogen-bond donors (Lipinski definition) is 1. The first kappa shape index (κ1) is 14.9. The van der Waals surface area contributed by atoms with E-state index in [0.717, 1.165) is 25.7 Å². The Labute approximate surface area is 120 Å². The largest absolute Gasteiger partial charge is 0.497 e. The topological polar surface area (TPSA) is 61.5 Å². The normalized spacial score (nSPS) is 26.1. The highest BCUT2D eigenvalue weighted by Crippen LogP contribution is 2.35. The van der Waals surface area contributed by atoms with Crippen molar-refractivity contribution in [1.29, 1.82) is 0 Å². The number of hydrogen-bond acceptors (Lipinski definition) is 4. The minimum Gasteiger partial charge on any atom is -0.497 e. The average molecular weight is 277 g/mol. The SMILES string of the molecule is COc1ccc(OC)c(C(=O)C2(N)CCCC(C)C2)c1. The van der Waals surface area contributed by atoms with Gasteiger partial charge in [0.1, 0.15) is 11.5 Å². The van der Waals surface area contributed by atoms with Crippen LogP contribution in [0.15, 0.2) is 18.2 Å². The molecule has 1 aromatic rings. The van der Waals surface area contributed by atoms with Gasteiger partial charge in [0.15, 0.2) is 5.78 Å². The molecule has 0 saturated heterocycles. The van der Waals surface area contributed by atoms with Gasteiger partial charge in [0.25, 0.3) is 0 Å². The number of nitrogens with two attached hydrogens (primary N) is 1. The first-order valence-electron chi connectivity index (χ1n) is 7.06. The molecule has 0 radical (unpaired) electrons. The molecule has 4 heteroatoms. The monoisotopic (exact) mass is 277 g/mol. The van der Waals surface area contributed by atoms with Gasteiger partial charge < -0.3 is 15.2 Å². The molecule has 0 spiro atoms. The average Bonchev–Trinajstić information content (AvgIpc) is 2.45. The molecule has 0 heterocycles. The number of carbonyl (C=O) groups excluding carboxylic acids is 1. The first-order chi connectivity index (χ1) is 9.50. The molecule has 2 N–H and O–H groups in total. The van der Waals surface area contributed by atoms with Gasteiger partial charge in [0.2, 0.25) is 0 Å². The van der Waals surface area contributed by atoms with Crippen LogP contribution in [-0.2, 0) is 0 Å². The zero-order chi connectivity index (χ0) is 14.8. The highest BCUT2D eigenvalue weighted by Gasteiger charge is 2.39. The van der Waals surface area contributed by atoms with Gasteiger partial charge in [-0.2, -0.15) is 0 Å². The van der Waals surface area contributed by atoms with Gasteiger partial charge in [-0.3, -0.25) is 4.79 Å². The van der Waals surface area contributed by atoms with Gasteiger partial charge in [-0.05, 0) is 37.0 Å². The van der Waals surface area contributed by atoms with E-state index in [1.807, 2.05) is 0 Å². The molecule has 4 nitrogen and oxygen atoms in total. The predicted molar refractivity (Wildman–Crippen MR) is 78.4 cm³/mol. The molecule has 2 rings (SSSR count). The third kappa shape index (κ3) is 2.80. The van der Waals surface area contributed by atoms with Crippen LogP contribution in [0.25, 0.3) is 0 Å². The van der Waals surface area contributed by atoms with Crippen LogP contribution >= 0.6 is 0 Å². The van der Waals surface area contributed by atoms with E-state index in [-0.39, 0.29) is 5.78 Å². The molecule has 2 unspecified atom stereocenters. The van der Waals surface area contributed by atoms with Crippen LogP contribution in [0, 0.1) is 5.92 Å². The van der Waals surface area contributed by atoms with E-state index in [1.54, 1.807) is 32.4 Å². The van der Waals surface area contributed by atoms with E-state index >= 15 is 0 Å². The summed E-state index contributed by atoms with van der Waals surface area (Å²) in [4.78, 5) is 12.9. The zero-order valence-electron chi connectivity index (χ0n) is 12.4. The van der Waals surface area contributed by atoms with Gasteiger partial charge in [-0.15, -0.1) is 0 Å². The van der Waals surface area contributed by atoms with Crippen LogP contribution < -0.4 is 15.2 Å². The highest BCUT2D eigenvalue weighted by molar-refractivity contribution is 6.05. The Morgan fingerprint density at radius 1 is 1.35 bits per heavy atom. The maximum absolute atomic E-state index is 12.9. The summed E-state index contributed by atoms with van der Waals surface area (Å²) < 4.78 is 10.5. The van der Waals surface area contributed by atoms with Crippen molar-refractivity contribution in [2.45, 2.75) is 38.1 Å². The predicted octanol–water partition coefficient (Wildman–Crippen LogP) is 2.79. The smallest absolute Gasteiger partial charge is 0.186 e. The molecule has 2 atom stereocenters. The van der Waals surface area contributed by atoms with E-state index in [0.29, 0.717) is 23.0 Å². The minimum absolute atomic E-state index is 0.0419. The molecule has 1 aromatic carbocycles. The molecular formula is C16H23NO3. The van der Waals surface area contributed by atoms with Gasteiger partial charge in [-0.1, -0.05) is 19.8 Å². The van der Waals surface area contributed by atoms with Crippen LogP contribution in [0.1, 0.15) is 43.0 Å². The standard InChI is InChI=1S/C16H23NO3/c1-11-5-4-8-16(17,10-11)15(18)13-9-12(19-2)6-7-14(13)20-3/h6-7,9,11H,4-5,8,10,17H2,1-3H3. The van der Waals surface area contributed by atoms with Crippen LogP contribution in [0.2, 0.25) is 0 Å². The van der Waals surface area contributed by atoms with Crippen LogP contribution in [0.5, 0.6) is 11.5 Å². The second kappa shape index (κ2) is 5.83. The van der Waals surface area contributed by atoms with Gasteiger partial charge >= 0.3 is 0 Å². The number of Topliss-reactive ketones (excluding diaryl/α,β-unsaturated/α-hetero) is 1. The Morgan fingerprint density at radius 2 is 2.10 bits per heavy atom. The molecule has 1 saturated carbocycles. The fraction of sp³-hybridized carbons (Fsp3) is 0.562. The quantitative estimate of drug-likeness (QED) is 0.860. The summed E-state index contributed by atoms with van der Waals surface area (Å²) in [5.74, 6) is 1.63. The maximum atomic E-state index is 12.9. The van der Waals surface area contributed by atoms with Crippen molar-refractivity contribution in [3.05, 3.63) is 23.8 Å². The lowest BCUT2D eigenvalue weighted by atomic mass is 9.73. The molecule has 0 aliphatic heterocycles. The van der Waals surface area contributed by atoms with Crippen molar-refractivity contribution in [2.24, 2.45) is 11.7 Å². The number of benzene rings is 1. The van der Waals surface area contributed by atoms with Gasteiger partial charge in [0, 0.05) is 0 Å². The molecule has 0 bridgehead atoms. The summed E-state index contributed by atoms with van der Waals surface area (Å²) in [5.41, 5.74) is 6.13. The van der Waals surface area contributed by atoms with Crippen molar-refractivity contribution >= 4 is 5.78 Å². The summed E-state index contributed by atoms with van der Waals surface area (Å²) in [5, 5.41) is 0. The van der Waals surface area contributed by atoms with Crippen LogP contribution in [0.3, 0.4) is 0 Å². The second-order valence-electron chi connectivity index (χ2n) is 5.75. The van der Waals surface area contributed by atoms with Crippen molar-refractivity contribution in [3.63, 3.8) is 0 Å². The molecule has 0 amide bonds. The Hall–Kier alpha value is -1.55. The van der Waals surface area contributed by atoms with Crippen molar-refractivity contribution in [1.82, 2.24) is 0 Å².